The van der Waals surface area contributed by atoms with E-state index in [0.717, 1.165) is 54.0 Å². The highest BCUT2D eigenvalue weighted by molar-refractivity contribution is 6.32. The van der Waals surface area contributed by atoms with Gasteiger partial charge in [-0.2, -0.15) is 0 Å². The summed E-state index contributed by atoms with van der Waals surface area (Å²) in [6.45, 7) is 9.07. The molecule has 0 atom stereocenters. The van der Waals surface area contributed by atoms with Crippen molar-refractivity contribution in [2.45, 2.75) is 59.0 Å². The first-order valence-electron chi connectivity index (χ1n) is 12.4. The number of pyridine rings is 2. The summed E-state index contributed by atoms with van der Waals surface area (Å²) in [6, 6.07) is 8.03. The minimum atomic E-state index is -2.68. The van der Waals surface area contributed by atoms with Crippen LogP contribution in [0.1, 0.15) is 43.5 Å². The Kier molecular flexibility index (Phi) is 7.85. The van der Waals surface area contributed by atoms with Crippen molar-refractivity contribution in [3.63, 3.8) is 0 Å². The van der Waals surface area contributed by atoms with E-state index in [4.69, 9.17) is 11.6 Å². The predicted molar refractivity (Wildman–Crippen MR) is 144 cm³/mol. The zero-order valence-corrected chi connectivity index (χ0v) is 22.1. The molecule has 36 heavy (non-hydrogen) atoms. The molecule has 1 saturated heterocycles. The summed E-state index contributed by atoms with van der Waals surface area (Å²) in [6.07, 6.45) is 3.38. The summed E-state index contributed by atoms with van der Waals surface area (Å²) in [5.74, 6) is -2.02. The summed E-state index contributed by atoms with van der Waals surface area (Å²) in [5, 5.41) is 5.82. The minimum Gasteiger partial charge on any atom is -0.368 e. The second-order valence-electron chi connectivity index (χ2n) is 9.84. The third-order valence-corrected chi connectivity index (χ3v) is 7.12. The van der Waals surface area contributed by atoms with Gasteiger partial charge in [0.1, 0.15) is 5.82 Å². The molecule has 2 N–H and O–H groups in total. The molecule has 0 saturated carbocycles. The Bertz CT molecular complexity index is 1280. The summed E-state index contributed by atoms with van der Waals surface area (Å²) in [4.78, 5) is 24.0. The van der Waals surface area contributed by atoms with Crippen LogP contribution in [0, 0.1) is 13.8 Å². The molecule has 6 nitrogen and oxygen atoms in total. The fraction of sp³-hybridized carbons (Fsp3) is 0.481. The number of hydrogen-bond donors (Lipinski definition) is 2. The molecule has 0 unspecified atom stereocenters. The molecule has 1 aromatic carbocycles. The van der Waals surface area contributed by atoms with Crippen LogP contribution in [0.2, 0.25) is 5.02 Å². The lowest BCUT2D eigenvalue weighted by Gasteiger charge is -2.40. The van der Waals surface area contributed by atoms with Crippen molar-refractivity contribution in [3.05, 3.63) is 62.7 Å². The number of anilines is 2. The van der Waals surface area contributed by atoms with Crippen molar-refractivity contribution < 1.29 is 8.78 Å². The van der Waals surface area contributed by atoms with Crippen LogP contribution in [0.25, 0.3) is 10.8 Å². The van der Waals surface area contributed by atoms with Crippen molar-refractivity contribution in [1.82, 2.24) is 14.9 Å². The number of rotatable bonds is 8. The quantitative estimate of drug-likeness (QED) is 0.398. The molecule has 3 aromatic rings. The monoisotopic (exact) mass is 517 g/mol. The summed E-state index contributed by atoms with van der Waals surface area (Å²) in [7, 11) is 0. The fourth-order valence-electron chi connectivity index (χ4n) is 5.29. The van der Waals surface area contributed by atoms with E-state index in [-0.39, 0.29) is 18.1 Å². The first kappa shape index (κ1) is 26.4. The van der Waals surface area contributed by atoms with E-state index >= 15 is 0 Å². The third kappa shape index (κ3) is 5.98. The van der Waals surface area contributed by atoms with Crippen LogP contribution in [-0.2, 0) is 6.54 Å². The Morgan fingerprint density at radius 1 is 1.22 bits per heavy atom. The Morgan fingerprint density at radius 3 is 2.58 bits per heavy atom. The number of fused-ring (bicyclic) bond motifs is 1. The number of aromatic amines is 1. The molecule has 194 valence electrons. The Balaban J connectivity index is 1.60. The number of nitrogens with zero attached hydrogens (tertiary/aromatic N) is 3. The van der Waals surface area contributed by atoms with Crippen LogP contribution >= 0.6 is 11.6 Å². The number of alkyl halides is 2. The van der Waals surface area contributed by atoms with Crippen LogP contribution in [0.5, 0.6) is 0 Å². The van der Waals surface area contributed by atoms with Crippen molar-refractivity contribution in [2.24, 2.45) is 0 Å². The van der Waals surface area contributed by atoms with E-state index in [2.05, 4.69) is 27.1 Å². The van der Waals surface area contributed by atoms with Gasteiger partial charge >= 0.3 is 0 Å². The van der Waals surface area contributed by atoms with Gasteiger partial charge in [0.05, 0.1) is 6.54 Å². The lowest BCUT2D eigenvalue weighted by Crippen LogP contribution is -2.47. The van der Waals surface area contributed by atoms with E-state index < -0.39 is 5.92 Å². The number of aryl methyl sites for hydroxylation is 2. The van der Waals surface area contributed by atoms with Gasteiger partial charge in [-0.25, -0.2) is 13.8 Å². The maximum atomic E-state index is 13.5. The van der Waals surface area contributed by atoms with Crippen LogP contribution in [-0.4, -0.2) is 53.0 Å². The van der Waals surface area contributed by atoms with E-state index in [0.29, 0.717) is 36.0 Å². The molecular weight excluding hydrogens is 484 g/mol. The maximum absolute atomic E-state index is 13.5. The van der Waals surface area contributed by atoms with Gasteiger partial charge < -0.3 is 15.2 Å². The third-order valence-electron chi connectivity index (χ3n) is 6.90. The maximum Gasteiger partial charge on any atom is 0.257 e. The molecule has 4 rings (SSSR count). The molecule has 2 aromatic heterocycles. The van der Waals surface area contributed by atoms with Crippen molar-refractivity contribution in [2.75, 3.05) is 36.4 Å². The number of halogens is 3. The molecule has 1 aliphatic rings. The van der Waals surface area contributed by atoms with Gasteiger partial charge in [-0.05, 0) is 63.4 Å². The molecule has 0 amide bonds. The number of H-pyrrole nitrogens is 1. The largest absolute Gasteiger partial charge is 0.368 e. The molecular formula is C27H34ClF2N5O. The van der Waals surface area contributed by atoms with E-state index in [1.807, 2.05) is 43.0 Å². The summed E-state index contributed by atoms with van der Waals surface area (Å²) >= 11 is 6.59. The highest BCUT2D eigenvalue weighted by atomic mass is 35.5. The smallest absolute Gasteiger partial charge is 0.257 e. The number of aromatic nitrogens is 2. The summed E-state index contributed by atoms with van der Waals surface area (Å²) in [5.41, 5.74) is 3.32. The number of nitrogens with one attached hydrogen (secondary N) is 2. The second kappa shape index (κ2) is 10.7. The van der Waals surface area contributed by atoms with Crippen molar-refractivity contribution in [3.8, 4) is 0 Å². The molecule has 3 heterocycles. The van der Waals surface area contributed by atoms with Gasteiger partial charge in [0.2, 0.25) is 0 Å². The SMILES string of the molecule is CCN(c1cc(Cl)cc2c(NCc3c(C)cc(C)[nH]c3=O)nccc12)C1CCN(CC(C)(F)F)CC1. The van der Waals surface area contributed by atoms with Crippen LogP contribution < -0.4 is 15.8 Å². The van der Waals surface area contributed by atoms with Gasteiger partial charge in [0, 0.05) is 78.1 Å². The van der Waals surface area contributed by atoms with Gasteiger partial charge in [-0.15, -0.1) is 0 Å². The fourth-order valence-corrected chi connectivity index (χ4v) is 5.50. The number of likely N-dealkylation sites (tertiary alicyclic amines) is 1. The highest BCUT2D eigenvalue weighted by Crippen LogP contribution is 2.36. The van der Waals surface area contributed by atoms with E-state index in [1.165, 1.54) is 0 Å². The van der Waals surface area contributed by atoms with Crippen LogP contribution in [0.3, 0.4) is 0 Å². The molecule has 0 radical (unpaired) electrons. The molecule has 0 spiro atoms. The zero-order chi connectivity index (χ0) is 26.0. The van der Waals surface area contributed by atoms with Crippen LogP contribution in [0.15, 0.2) is 35.3 Å². The Morgan fingerprint density at radius 2 is 1.94 bits per heavy atom. The highest BCUT2D eigenvalue weighted by Gasteiger charge is 2.30. The lowest BCUT2D eigenvalue weighted by atomic mass is 10.00. The molecule has 1 fully saturated rings. The standard InChI is InChI=1S/C27H34ClF2N5O/c1-5-35(20-7-10-34(11-8-20)16-27(4,29)30)24-14-19(28)13-22-21(24)6-9-31-25(22)32-15-23-17(2)12-18(3)33-26(23)36/h6,9,12-14,20H,5,7-8,10-11,15-16H2,1-4H3,(H,31,32)(H,33,36). The van der Waals surface area contributed by atoms with Crippen molar-refractivity contribution in [1.29, 1.82) is 0 Å². The van der Waals surface area contributed by atoms with Crippen LogP contribution in [0.4, 0.5) is 20.3 Å². The second-order valence-corrected chi connectivity index (χ2v) is 10.3. The zero-order valence-electron chi connectivity index (χ0n) is 21.3. The average molecular weight is 518 g/mol. The first-order valence-corrected chi connectivity index (χ1v) is 12.8. The molecule has 1 aliphatic heterocycles. The number of piperidine rings is 1. The predicted octanol–water partition coefficient (Wildman–Crippen LogP) is 5.75. The van der Waals surface area contributed by atoms with Crippen molar-refractivity contribution >= 4 is 33.9 Å². The van der Waals surface area contributed by atoms with E-state index in [1.54, 1.807) is 6.20 Å². The minimum absolute atomic E-state index is 0.108. The normalized spacial score (nSPS) is 15.4. The molecule has 0 bridgehead atoms. The van der Waals surface area contributed by atoms with Gasteiger partial charge in [0.15, 0.2) is 0 Å². The first-order chi connectivity index (χ1) is 17.1. The van der Waals surface area contributed by atoms with E-state index in [9.17, 15) is 13.6 Å². The van der Waals surface area contributed by atoms with Gasteiger partial charge in [-0.1, -0.05) is 11.6 Å². The molecule has 9 heteroatoms. The lowest BCUT2D eigenvalue weighted by molar-refractivity contribution is -0.0198. The van der Waals surface area contributed by atoms with Gasteiger partial charge in [-0.3, -0.25) is 9.69 Å². The Hall–Kier alpha value is -2.71. The number of benzene rings is 1. The number of hydrogen-bond acceptors (Lipinski definition) is 5. The Labute approximate surface area is 215 Å². The average Bonchev–Trinajstić information content (AvgIpc) is 2.79. The van der Waals surface area contributed by atoms with Gasteiger partial charge in [0.25, 0.3) is 11.5 Å². The summed E-state index contributed by atoms with van der Waals surface area (Å²) < 4.78 is 27.0. The topological polar surface area (TPSA) is 64.3 Å². The molecule has 0 aliphatic carbocycles.